The number of methoxy groups -OCH3 is 1. The highest BCUT2D eigenvalue weighted by Crippen LogP contribution is 2.18. The molecule has 1 aromatic heterocycles. The quantitative estimate of drug-likeness (QED) is 0.782. The van der Waals surface area contributed by atoms with E-state index in [2.05, 4.69) is 10.2 Å². The lowest BCUT2D eigenvalue weighted by atomic mass is 10.1. The molecule has 0 atom stereocenters. The van der Waals surface area contributed by atoms with Crippen molar-refractivity contribution in [2.45, 2.75) is 12.8 Å². The minimum Gasteiger partial charge on any atom is -0.477 e. The maximum absolute atomic E-state index is 10.8. The first-order valence-corrected chi connectivity index (χ1v) is 6.07. The van der Waals surface area contributed by atoms with Crippen LogP contribution in [0.15, 0.2) is 30.3 Å². The Morgan fingerprint density at radius 1 is 1.37 bits per heavy atom. The number of nitrogens with zero attached hydrogens (tertiary/aromatic N) is 1. The van der Waals surface area contributed by atoms with Crippen LogP contribution in [0, 0.1) is 0 Å². The second-order valence-electron chi connectivity index (χ2n) is 4.27. The van der Waals surface area contributed by atoms with Gasteiger partial charge in [-0.05, 0) is 24.5 Å². The second kappa shape index (κ2) is 6.15. The monoisotopic (exact) mass is 260 g/mol. The van der Waals surface area contributed by atoms with Crippen molar-refractivity contribution in [3.8, 4) is 11.3 Å². The number of hydrogen-bond donors (Lipinski definition) is 2. The van der Waals surface area contributed by atoms with Crippen LogP contribution in [-0.2, 0) is 11.2 Å². The number of benzene rings is 1. The summed E-state index contributed by atoms with van der Waals surface area (Å²) in [6, 6.07) is 9.48. The van der Waals surface area contributed by atoms with E-state index in [0.29, 0.717) is 5.69 Å². The molecule has 0 spiro atoms. The van der Waals surface area contributed by atoms with Crippen molar-refractivity contribution >= 4 is 5.97 Å². The van der Waals surface area contributed by atoms with Gasteiger partial charge in [0.25, 0.3) is 0 Å². The Hall–Kier alpha value is -2.14. The number of aromatic nitrogens is 2. The molecule has 1 heterocycles. The number of carboxylic acid groups (broad SMARTS) is 1. The van der Waals surface area contributed by atoms with Gasteiger partial charge in [0, 0.05) is 19.3 Å². The van der Waals surface area contributed by atoms with Crippen LogP contribution in [0.1, 0.15) is 22.5 Å². The molecule has 100 valence electrons. The zero-order chi connectivity index (χ0) is 13.7. The normalized spacial score (nSPS) is 10.6. The van der Waals surface area contributed by atoms with Crippen LogP contribution in [0.4, 0.5) is 0 Å². The molecule has 0 bridgehead atoms. The minimum atomic E-state index is -1.00. The summed E-state index contributed by atoms with van der Waals surface area (Å²) in [6.07, 6.45) is 1.95. The molecule has 1 aromatic carbocycles. The number of H-pyrrole nitrogens is 1. The van der Waals surface area contributed by atoms with Crippen LogP contribution in [0.5, 0.6) is 0 Å². The molecule has 19 heavy (non-hydrogen) atoms. The molecule has 0 fully saturated rings. The molecular formula is C14H16N2O3. The van der Waals surface area contributed by atoms with E-state index in [1.54, 1.807) is 7.11 Å². The molecule has 0 amide bonds. The number of aryl methyl sites for hydroxylation is 1. The van der Waals surface area contributed by atoms with Crippen molar-refractivity contribution in [1.82, 2.24) is 10.2 Å². The lowest BCUT2D eigenvalue weighted by Crippen LogP contribution is -1.95. The molecule has 0 radical (unpaired) electrons. The first-order valence-electron chi connectivity index (χ1n) is 6.07. The summed E-state index contributed by atoms with van der Waals surface area (Å²) >= 11 is 0. The summed E-state index contributed by atoms with van der Waals surface area (Å²) in [6.45, 7) is 0.753. The summed E-state index contributed by atoms with van der Waals surface area (Å²) in [5.41, 5.74) is 2.87. The molecular weight excluding hydrogens is 244 g/mol. The number of carbonyl (C=O) groups is 1. The summed E-state index contributed by atoms with van der Waals surface area (Å²) < 4.78 is 5.01. The molecule has 0 unspecified atom stereocenters. The van der Waals surface area contributed by atoms with Gasteiger partial charge in [0.05, 0.1) is 5.69 Å². The molecule has 5 heteroatoms. The van der Waals surface area contributed by atoms with Gasteiger partial charge in [-0.25, -0.2) is 4.79 Å². The summed E-state index contributed by atoms with van der Waals surface area (Å²) in [5.74, 6) is -1.00. The Balaban J connectivity index is 2.06. The fourth-order valence-corrected chi connectivity index (χ4v) is 1.84. The molecule has 0 saturated heterocycles. The van der Waals surface area contributed by atoms with Gasteiger partial charge in [0.2, 0.25) is 0 Å². The Labute approximate surface area is 111 Å². The van der Waals surface area contributed by atoms with Gasteiger partial charge in [-0.3, -0.25) is 5.10 Å². The van der Waals surface area contributed by atoms with E-state index in [-0.39, 0.29) is 5.69 Å². The fraction of sp³-hybridized carbons (Fsp3) is 0.286. The first kappa shape index (κ1) is 13.3. The van der Waals surface area contributed by atoms with Gasteiger partial charge < -0.3 is 9.84 Å². The van der Waals surface area contributed by atoms with Crippen LogP contribution in [0.2, 0.25) is 0 Å². The van der Waals surface area contributed by atoms with Gasteiger partial charge in [-0.2, -0.15) is 5.10 Å². The third-order valence-electron chi connectivity index (χ3n) is 2.87. The average Bonchev–Trinajstić information content (AvgIpc) is 2.90. The van der Waals surface area contributed by atoms with Crippen molar-refractivity contribution in [3.63, 3.8) is 0 Å². The molecule has 0 aliphatic heterocycles. The minimum absolute atomic E-state index is 0.0965. The number of hydrogen-bond acceptors (Lipinski definition) is 3. The van der Waals surface area contributed by atoms with Crippen LogP contribution in [0.25, 0.3) is 11.3 Å². The predicted molar refractivity (Wildman–Crippen MR) is 71.2 cm³/mol. The largest absolute Gasteiger partial charge is 0.477 e. The maximum Gasteiger partial charge on any atom is 0.353 e. The number of nitrogens with one attached hydrogen (secondary N) is 1. The van der Waals surface area contributed by atoms with Gasteiger partial charge in [-0.1, -0.05) is 24.3 Å². The molecule has 2 rings (SSSR count). The lowest BCUT2D eigenvalue weighted by molar-refractivity contribution is 0.0690. The van der Waals surface area contributed by atoms with Gasteiger partial charge in [0.1, 0.15) is 5.69 Å². The van der Waals surface area contributed by atoms with Crippen LogP contribution >= 0.6 is 0 Å². The van der Waals surface area contributed by atoms with Gasteiger partial charge in [0.15, 0.2) is 0 Å². The summed E-state index contributed by atoms with van der Waals surface area (Å²) in [5, 5.41) is 15.3. The third kappa shape index (κ3) is 3.42. The number of carboxylic acids is 1. The number of rotatable bonds is 6. The molecule has 2 N–H and O–H groups in total. The zero-order valence-corrected chi connectivity index (χ0v) is 10.7. The van der Waals surface area contributed by atoms with E-state index < -0.39 is 5.97 Å². The van der Waals surface area contributed by atoms with E-state index in [9.17, 15) is 4.79 Å². The zero-order valence-electron chi connectivity index (χ0n) is 10.7. The van der Waals surface area contributed by atoms with Crippen molar-refractivity contribution in [2.75, 3.05) is 13.7 Å². The van der Waals surface area contributed by atoms with E-state index in [4.69, 9.17) is 9.84 Å². The smallest absolute Gasteiger partial charge is 0.353 e. The molecule has 0 aliphatic carbocycles. The van der Waals surface area contributed by atoms with Gasteiger partial charge >= 0.3 is 5.97 Å². The molecule has 0 saturated carbocycles. The Bertz CT molecular complexity index is 546. The predicted octanol–water partition coefficient (Wildman–Crippen LogP) is 2.35. The Morgan fingerprint density at radius 3 is 2.68 bits per heavy atom. The molecule has 2 aromatic rings. The molecule has 5 nitrogen and oxygen atoms in total. The van der Waals surface area contributed by atoms with Crippen molar-refractivity contribution in [1.29, 1.82) is 0 Å². The van der Waals surface area contributed by atoms with E-state index >= 15 is 0 Å². The Morgan fingerprint density at radius 2 is 2.11 bits per heavy atom. The number of aromatic carboxylic acids is 1. The van der Waals surface area contributed by atoms with E-state index in [1.807, 2.05) is 24.3 Å². The topological polar surface area (TPSA) is 75.2 Å². The first-order chi connectivity index (χ1) is 9.20. The lowest BCUT2D eigenvalue weighted by Gasteiger charge is -2.02. The maximum atomic E-state index is 10.8. The highest BCUT2D eigenvalue weighted by molar-refractivity contribution is 5.86. The average molecular weight is 260 g/mol. The summed E-state index contributed by atoms with van der Waals surface area (Å²) in [7, 11) is 1.70. The van der Waals surface area contributed by atoms with Crippen LogP contribution < -0.4 is 0 Å². The van der Waals surface area contributed by atoms with Gasteiger partial charge in [-0.15, -0.1) is 0 Å². The van der Waals surface area contributed by atoms with Crippen molar-refractivity contribution in [3.05, 3.63) is 41.6 Å². The van der Waals surface area contributed by atoms with Crippen LogP contribution in [-0.4, -0.2) is 35.0 Å². The highest BCUT2D eigenvalue weighted by Gasteiger charge is 2.08. The summed E-state index contributed by atoms with van der Waals surface area (Å²) in [4.78, 5) is 10.8. The standard InChI is InChI=1S/C14H16N2O3/c1-19-8-2-3-10-4-6-11(7-5-10)12-9-13(14(17)18)16-15-12/h4-7,9H,2-3,8H2,1H3,(H,15,16)(H,17,18). The van der Waals surface area contributed by atoms with Crippen molar-refractivity contribution in [2.24, 2.45) is 0 Å². The highest BCUT2D eigenvalue weighted by atomic mass is 16.5. The van der Waals surface area contributed by atoms with Crippen molar-refractivity contribution < 1.29 is 14.6 Å². The molecule has 0 aliphatic rings. The third-order valence-corrected chi connectivity index (χ3v) is 2.87. The fourth-order valence-electron chi connectivity index (χ4n) is 1.84. The number of aromatic amines is 1. The van der Waals surface area contributed by atoms with E-state index in [0.717, 1.165) is 25.0 Å². The van der Waals surface area contributed by atoms with Crippen LogP contribution in [0.3, 0.4) is 0 Å². The Kier molecular flexibility index (Phi) is 4.30. The second-order valence-corrected chi connectivity index (χ2v) is 4.27. The SMILES string of the molecule is COCCCc1ccc(-c2cc(C(=O)O)[nH]n2)cc1. The number of ether oxygens (including phenoxy) is 1. The van der Waals surface area contributed by atoms with E-state index in [1.165, 1.54) is 11.6 Å².